The van der Waals surface area contributed by atoms with Crippen molar-refractivity contribution >= 4 is 17.7 Å². The number of hydrogen-bond donors (Lipinski definition) is 1. The SMILES string of the molecule is O=C1CCC(F)(N2Cc3ccncc3C2=O)C(=O)N1. The van der Waals surface area contributed by atoms with Crippen LogP contribution < -0.4 is 5.32 Å². The molecular weight excluding hydrogens is 253 g/mol. The molecule has 3 heterocycles. The summed E-state index contributed by atoms with van der Waals surface area (Å²) in [6.07, 6.45) is 2.42. The first-order chi connectivity index (χ1) is 9.02. The summed E-state index contributed by atoms with van der Waals surface area (Å²) in [4.78, 5) is 39.5. The van der Waals surface area contributed by atoms with Crippen molar-refractivity contribution in [3.05, 3.63) is 29.6 Å². The van der Waals surface area contributed by atoms with Gasteiger partial charge in [-0.05, 0) is 11.6 Å². The molecule has 19 heavy (non-hydrogen) atoms. The predicted octanol–water partition coefficient (Wildman–Crippen LogP) is 0.140. The fourth-order valence-electron chi connectivity index (χ4n) is 2.36. The number of halogens is 1. The Morgan fingerprint density at radius 1 is 1.37 bits per heavy atom. The fraction of sp³-hybridized carbons (Fsp3) is 0.333. The van der Waals surface area contributed by atoms with Crippen molar-refractivity contribution in [2.45, 2.75) is 25.2 Å². The normalized spacial score (nSPS) is 26.4. The number of alkyl halides is 1. The van der Waals surface area contributed by atoms with Crippen LogP contribution in [0.25, 0.3) is 0 Å². The van der Waals surface area contributed by atoms with Crippen molar-refractivity contribution in [2.24, 2.45) is 0 Å². The van der Waals surface area contributed by atoms with Gasteiger partial charge in [0.1, 0.15) is 0 Å². The number of rotatable bonds is 1. The van der Waals surface area contributed by atoms with E-state index in [-0.39, 0.29) is 19.4 Å². The average molecular weight is 263 g/mol. The molecule has 3 rings (SSSR count). The van der Waals surface area contributed by atoms with Crippen LogP contribution in [0.15, 0.2) is 18.5 Å². The highest BCUT2D eigenvalue weighted by Crippen LogP contribution is 2.34. The van der Waals surface area contributed by atoms with E-state index >= 15 is 0 Å². The minimum Gasteiger partial charge on any atom is -0.294 e. The number of nitrogens with one attached hydrogen (secondary N) is 1. The minimum atomic E-state index is -2.47. The minimum absolute atomic E-state index is 0.00873. The molecule has 3 amide bonds. The van der Waals surface area contributed by atoms with E-state index in [0.717, 1.165) is 4.90 Å². The van der Waals surface area contributed by atoms with E-state index in [1.807, 2.05) is 5.32 Å². The van der Waals surface area contributed by atoms with Gasteiger partial charge in [-0.2, -0.15) is 0 Å². The molecule has 0 bridgehead atoms. The van der Waals surface area contributed by atoms with E-state index in [9.17, 15) is 18.8 Å². The van der Waals surface area contributed by atoms with E-state index in [4.69, 9.17) is 0 Å². The van der Waals surface area contributed by atoms with E-state index < -0.39 is 23.5 Å². The van der Waals surface area contributed by atoms with Gasteiger partial charge in [-0.3, -0.25) is 29.6 Å². The van der Waals surface area contributed by atoms with Crippen LogP contribution in [0.5, 0.6) is 0 Å². The van der Waals surface area contributed by atoms with Gasteiger partial charge in [0, 0.05) is 25.2 Å². The molecule has 7 heteroatoms. The zero-order valence-electron chi connectivity index (χ0n) is 9.85. The highest BCUT2D eigenvalue weighted by Gasteiger charge is 2.52. The number of aromatic nitrogens is 1. The quantitative estimate of drug-likeness (QED) is 0.577. The lowest BCUT2D eigenvalue weighted by Crippen LogP contribution is -2.60. The standard InChI is InChI=1S/C12H10FN3O3/c13-12(3-1-9(17)15-11(12)19)16-6-7-2-4-14-5-8(7)10(16)18/h2,4-5H,1,3,6H2,(H,15,17,19). The highest BCUT2D eigenvalue weighted by atomic mass is 19.1. The lowest BCUT2D eigenvalue weighted by molar-refractivity contribution is -0.154. The van der Waals surface area contributed by atoms with Crippen LogP contribution in [0.4, 0.5) is 4.39 Å². The first-order valence-electron chi connectivity index (χ1n) is 5.80. The molecule has 0 spiro atoms. The maximum atomic E-state index is 14.8. The molecule has 1 atom stereocenters. The first kappa shape index (κ1) is 11.8. The number of hydrogen-bond acceptors (Lipinski definition) is 4. The van der Waals surface area contributed by atoms with Crippen LogP contribution >= 0.6 is 0 Å². The van der Waals surface area contributed by atoms with Crippen molar-refractivity contribution in [3.63, 3.8) is 0 Å². The molecule has 1 aromatic rings. The first-order valence-corrected chi connectivity index (χ1v) is 5.80. The number of carbonyl (C=O) groups is 3. The summed E-state index contributed by atoms with van der Waals surface area (Å²) in [5.41, 5.74) is 0.922. The van der Waals surface area contributed by atoms with Gasteiger partial charge in [0.2, 0.25) is 5.91 Å². The van der Waals surface area contributed by atoms with Gasteiger partial charge in [0.05, 0.1) is 12.1 Å². The van der Waals surface area contributed by atoms with Crippen LogP contribution in [-0.4, -0.2) is 33.4 Å². The topological polar surface area (TPSA) is 79.4 Å². The zero-order chi connectivity index (χ0) is 13.6. The molecule has 0 aliphatic carbocycles. The number of nitrogens with zero attached hydrogens (tertiary/aromatic N) is 2. The summed E-state index contributed by atoms with van der Waals surface area (Å²) in [6.45, 7) is 0.00873. The van der Waals surface area contributed by atoms with Crippen LogP contribution in [0.1, 0.15) is 28.8 Å². The molecule has 0 aromatic carbocycles. The van der Waals surface area contributed by atoms with Crippen molar-refractivity contribution in [2.75, 3.05) is 0 Å². The van der Waals surface area contributed by atoms with Gasteiger partial charge < -0.3 is 0 Å². The summed E-state index contributed by atoms with van der Waals surface area (Å²) in [5, 5.41) is 1.93. The van der Waals surface area contributed by atoms with Gasteiger partial charge >= 0.3 is 0 Å². The number of carbonyl (C=O) groups excluding carboxylic acids is 3. The third kappa shape index (κ3) is 1.61. The number of amides is 3. The van der Waals surface area contributed by atoms with Gasteiger partial charge in [-0.1, -0.05) is 0 Å². The van der Waals surface area contributed by atoms with E-state index in [1.54, 1.807) is 6.07 Å². The largest absolute Gasteiger partial charge is 0.294 e. The van der Waals surface area contributed by atoms with Gasteiger partial charge in [-0.15, -0.1) is 0 Å². The predicted molar refractivity (Wildman–Crippen MR) is 60.3 cm³/mol. The van der Waals surface area contributed by atoms with E-state index in [2.05, 4.69) is 4.98 Å². The zero-order valence-corrected chi connectivity index (χ0v) is 9.85. The van der Waals surface area contributed by atoms with Crippen LogP contribution in [0.3, 0.4) is 0 Å². The molecule has 1 saturated heterocycles. The molecule has 0 radical (unpaired) electrons. The van der Waals surface area contributed by atoms with Gasteiger partial charge in [0.15, 0.2) is 0 Å². The third-order valence-corrected chi connectivity index (χ3v) is 3.43. The Hall–Kier alpha value is -2.31. The van der Waals surface area contributed by atoms with Crippen LogP contribution in [0.2, 0.25) is 0 Å². The summed E-state index contributed by atoms with van der Waals surface area (Å²) >= 11 is 0. The van der Waals surface area contributed by atoms with Crippen LogP contribution in [-0.2, 0) is 16.1 Å². The molecule has 1 fully saturated rings. The van der Waals surface area contributed by atoms with Gasteiger partial charge in [-0.25, -0.2) is 4.39 Å². The summed E-state index contributed by atoms with van der Waals surface area (Å²) in [6, 6.07) is 1.61. The monoisotopic (exact) mass is 263 g/mol. The summed E-state index contributed by atoms with van der Waals surface area (Å²) < 4.78 is 14.8. The second-order valence-corrected chi connectivity index (χ2v) is 4.56. The number of imide groups is 1. The van der Waals surface area contributed by atoms with Crippen molar-refractivity contribution in [1.82, 2.24) is 15.2 Å². The third-order valence-electron chi connectivity index (χ3n) is 3.43. The molecule has 2 aliphatic heterocycles. The second kappa shape index (κ2) is 3.84. The molecule has 1 aromatic heterocycles. The van der Waals surface area contributed by atoms with E-state index in [0.29, 0.717) is 11.1 Å². The number of piperidine rings is 1. The Morgan fingerprint density at radius 2 is 2.16 bits per heavy atom. The Balaban J connectivity index is 1.95. The smallest absolute Gasteiger partial charge is 0.285 e. The Labute approximate surface area is 107 Å². The van der Waals surface area contributed by atoms with Gasteiger partial charge in [0.25, 0.3) is 17.6 Å². The fourth-order valence-corrected chi connectivity index (χ4v) is 2.36. The molecule has 0 saturated carbocycles. The van der Waals surface area contributed by atoms with Crippen molar-refractivity contribution in [3.8, 4) is 0 Å². The highest BCUT2D eigenvalue weighted by molar-refractivity contribution is 6.06. The lowest BCUT2D eigenvalue weighted by Gasteiger charge is -2.35. The Kier molecular flexibility index (Phi) is 2.38. The number of pyridine rings is 1. The molecule has 2 aliphatic rings. The average Bonchev–Trinajstić information content (AvgIpc) is 2.73. The lowest BCUT2D eigenvalue weighted by atomic mass is 10.0. The molecule has 6 nitrogen and oxygen atoms in total. The molecule has 1 unspecified atom stereocenters. The van der Waals surface area contributed by atoms with Crippen molar-refractivity contribution in [1.29, 1.82) is 0 Å². The summed E-state index contributed by atoms with van der Waals surface area (Å²) in [5.74, 6) is -4.64. The molecule has 98 valence electrons. The van der Waals surface area contributed by atoms with Crippen LogP contribution in [0, 0.1) is 0 Å². The van der Waals surface area contributed by atoms with E-state index in [1.165, 1.54) is 12.4 Å². The molecule has 1 N–H and O–H groups in total. The summed E-state index contributed by atoms with van der Waals surface area (Å²) in [7, 11) is 0. The number of fused-ring (bicyclic) bond motifs is 1. The maximum absolute atomic E-state index is 14.8. The molecular formula is C12H10FN3O3. The Morgan fingerprint density at radius 3 is 2.84 bits per heavy atom. The van der Waals surface area contributed by atoms with Crippen molar-refractivity contribution < 1.29 is 18.8 Å². The Bertz CT molecular complexity index is 604. The maximum Gasteiger partial charge on any atom is 0.285 e. The second-order valence-electron chi connectivity index (χ2n) is 4.56.